The zero-order valence-electron chi connectivity index (χ0n) is 23.2. The summed E-state index contributed by atoms with van der Waals surface area (Å²) in [5, 5.41) is 3.29. The Balaban J connectivity index is 1.61. The molecule has 6 heteroatoms. The maximum atomic E-state index is 13.9. The molecule has 1 atom stereocenters. The van der Waals surface area contributed by atoms with Crippen LogP contribution >= 0.6 is 15.9 Å². The molecular weight excluding hydrogens is 552 g/mol. The molecular formula is C33H39BrN2O3. The molecule has 5 nitrogen and oxygen atoms in total. The van der Waals surface area contributed by atoms with Gasteiger partial charge in [0.15, 0.2) is 6.61 Å². The lowest BCUT2D eigenvalue weighted by molar-refractivity contribution is -0.143. The third kappa shape index (κ3) is 8.18. The molecule has 1 aliphatic rings. The van der Waals surface area contributed by atoms with Crippen molar-refractivity contribution in [3.05, 3.63) is 99.0 Å². The number of carbonyl (C=O) groups excluding carboxylic acids is 2. The van der Waals surface area contributed by atoms with Gasteiger partial charge in [-0.25, -0.2) is 0 Å². The summed E-state index contributed by atoms with van der Waals surface area (Å²) >= 11 is 3.59. The predicted octanol–water partition coefficient (Wildman–Crippen LogP) is 6.84. The van der Waals surface area contributed by atoms with E-state index < -0.39 is 6.04 Å². The van der Waals surface area contributed by atoms with Gasteiger partial charge in [0.25, 0.3) is 5.91 Å². The first-order valence-corrected chi connectivity index (χ1v) is 14.7. The van der Waals surface area contributed by atoms with E-state index >= 15 is 0 Å². The number of carbonyl (C=O) groups is 2. The average Bonchev–Trinajstić information content (AvgIpc) is 2.94. The Morgan fingerprint density at radius 2 is 1.56 bits per heavy atom. The summed E-state index contributed by atoms with van der Waals surface area (Å²) in [4.78, 5) is 29.4. The van der Waals surface area contributed by atoms with Crippen molar-refractivity contribution in [3.63, 3.8) is 0 Å². The fraction of sp³-hybridized carbons (Fsp3) is 0.394. The van der Waals surface area contributed by atoms with E-state index in [2.05, 4.69) is 21.2 Å². The molecule has 39 heavy (non-hydrogen) atoms. The van der Waals surface area contributed by atoms with Crippen molar-refractivity contribution >= 4 is 27.7 Å². The number of nitrogens with one attached hydrogen (secondary N) is 1. The topological polar surface area (TPSA) is 58.6 Å². The van der Waals surface area contributed by atoms with Gasteiger partial charge in [0.1, 0.15) is 11.8 Å². The van der Waals surface area contributed by atoms with Crippen LogP contribution in [-0.2, 0) is 22.6 Å². The average molecular weight is 592 g/mol. The second kappa shape index (κ2) is 13.8. The quantitative estimate of drug-likeness (QED) is 0.281. The third-order valence-corrected chi connectivity index (χ3v) is 8.72. The second-order valence-electron chi connectivity index (χ2n) is 10.7. The van der Waals surface area contributed by atoms with Gasteiger partial charge < -0.3 is 15.0 Å². The molecule has 0 heterocycles. The van der Waals surface area contributed by atoms with E-state index in [1.807, 2.05) is 87.5 Å². The molecule has 0 aliphatic heterocycles. The Labute approximate surface area is 241 Å². The summed E-state index contributed by atoms with van der Waals surface area (Å²) in [5.41, 5.74) is 5.23. The number of hydrogen-bond acceptors (Lipinski definition) is 3. The van der Waals surface area contributed by atoms with Crippen LogP contribution in [0.25, 0.3) is 0 Å². The summed E-state index contributed by atoms with van der Waals surface area (Å²) in [6, 6.07) is 21.4. The summed E-state index contributed by atoms with van der Waals surface area (Å²) < 4.78 is 7.04. The van der Waals surface area contributed by atoms with Crippen LogP contribution in [0.2, 0.25) is 0 Å². The number of nitrogens with zero attached hydrogens (tertiary/aromatic N) is 1. The highest BCUT2D eigenvalue weighted by Crippen LogP contribution is 2.27. The third-order valence-electron chi connectivity index (χ3n) is 7.47. The lowest BCUT2D eigenvalue weighted by Gasteiger charge is -2.33. The van der Waals surface area contributed by atoms with Crippen molar-refractivity contribution in [3.8, 4) is 5.75 Å². The van der Waals surface area contributed by atoms with Gasteiger partial charge in [-0.3, -0.25) is 9.59 Å². The van der Waals surface area contributed by atoms with Gasteiger partial charge in [-0.2, -0.15) is 0 Å². The molecule has 0 unspecified atom stereocenters. The first-order valence-electron chi connectivity index (χ1n) is 13.9. The van der Waals surface area contributed by atoms with E-state index in [0.717, 1.165) is 58.0 Å². The standard InChI is InChI=1S/C33H39BrN2O3/c1-23-14-16-27(17-15-23)21-36(31(37)22-39-29-18-24(2)32(34)25(3)19-29)30(20-26-10-6-4-7-11-26)33(38)35-28-12-8-5-9-13-28/h4,6-7,10-11,14-19,28,30H,5,8-9,12-13,20-22H2,1-3H3,(H,35,38)/t30-/m0/s1. The van der Waals surface area contributed by atoms with Gasteiger partial charge in [0.2, 0.25) is 5.91 Å². The van der Waals surface area contributed by atoms with Gasteiger partial charge in [-0.05, 0) is 68.0 Å². The Hall–Kier alpha value is -3.12. The number of hydrogen-bond donors (Lipinski definition) is 1. The van der Waals surface area contributed by atoms with E-state index in [-0.39, 0.29) is 24.5 Å². The summed E-state index contributed by atoms with van der Waals surface area (Å²) in [7, 11) is 0. The predicted molar refractivity (Wildman–Crippen MR) is 160 cm³/mol. The minimum Gasteiger partial charge on any atom is -0.484 e. The minimum absolute atomic E-state index is 0.0958. The fourth-order valence-electron chi connectivity index (χ4n) is 5.21. The Morgan fingerprint density at radius 1 is 0.923 bits per heavy atom. The van der Waals surface area contributed by atoms with Crippen molar-refractivity contribution in [1.82, 2.24) is 10.2 Å². The van der Waals surface area contributed by atoms with Crippen LogP contribution in [0.5, 0.6) is 5.75 Å². The van der Waals surface area contributed by atoms with E-state index in [0.29, 0.717) is 18.7 Å². The van der Waals surface area contributed by atoms with Crippen LogP contribution in [0.3, 0.4) is 0 Å². The highest BCUT2D eigenvalue weighted by Gasteiger charge is 2.32. The van der Waals surface area contributed by atoms with Crippen LogP contribution in [-0.4, -0.2) is 35.4 Å². The number of rotatable bonds is 10. The molecule has 1 saturated carbocycles. The van der Waals surface area contributed by atoms with Crippen LogP contribution in [0.4, 0.5) is 0 Å². The number of benzene rings is 3. The lowest BCUT2D eigenvalue weighted by Crippen LogP contribution is -2.53. The molecule has 0 aromatic heterocycles. The highest BCUT2D eigenvalue weighted by atomic mass is 79.9. The molecule has 4 rings (SSSR count). The van der Waals surface area contributed by atoms with E-state index in [9.17, 15) is 9.59 Å². The Morgan fingerprint density at radius 3 is 2.21 bits per heavy atom. The lowest BCUT2D eigenvalue weighted by atomic mass is 9.94. The maximum absolute atomic E-state index is 13.9. The molecule has 0 saturated heterocycles. The number of ether oxygens (including phenoxy) is 1. The zero-order chi connectivity index (χ0) is 27.8. The zero-order valence-corrected chi connectivity index (χ0v) is 24.8. The van der Waals surface area contributed by atoms with Gasteiger partial charge in [0.05, 0.1) is 0 Å². The molecule has 1 fully saturated rings. The van der Waals surface area contributed by atoms with E-state index in [1.54, 1.807) is 4.90 Å². The first kappa shape index (κ1) is 28.9. The molecule has 1 N–H and O–H groups in total. The first-order chi connectivity index (χ1) is 18.8. The number of halogens is 1. The molecule has 1 aliphatic carbocycles. The normalized spacial score (nSPS) is 14.5. The molecule has 3 aromatic rings. The second-order valence-corrected chi connectivity index (χ2v) is 11.5. The van der Waals surface area contributed by atoms with E-state index in [4.69, 9.17) is 4.74 Å². The Bertz CT molecular complexity index is 1230. The highest BCUT2D eigenvalue weighted by molar-refractivity contribution is 9.10. The Kier molecular flexibility index (Phi) is 10.2. The van der Waals surface area contributed by atoms with Crippen molar-refractivity contribution in [2.45, 2.75) is 77.9 Å². The van der Waals surface area contributed by atoms with Crippen LogP contribution in [0.15, 0.2) is 71.2 Å². The maximum Gasteiger partial charge on any atom is 0.261 e. The SMILES string of the molecule is Cc1ccc(CN(C(=O)COc2cc(C)c(Br)c(C)c2)[C@@H](Cc2ccccc2)C(=O)NC2CCCCC2)cc1. The molecule has 0 radical (unpaired) electrons. The van der Waals surface area contributed by atoms with Gasteiger partial charge in [-0.1, -0.05) is 95.4 Å². The smallest absolute Gasteiger partial charge is 0.261 e. The van der Waals surface area contributed by atoms with E-state index in [1.165, 1.54) is 6.42 Å². The summed E-state index contributed by atoms with van der Waals surface area (Å²) in [5.74, 6) is 0.332. The van der Waals surface area contributed by atoms with Crippen molar-refractivity contribution in [1.29, 1.82) is 0 Å². The van der Waals surface area contributed by atoms with Gasteiger partial charge in [0, 0.05) is 23.5 Å². The monoisotopic (exact) mass is 590 g/mol. The largest absolute Gasteiger partial charge is 0.484 e. The van der Waals surface area contributed by atoms with Gasteiger partial charge >= 0.3 is 0 Å². The summed E-state index contributed by atoms with van der Waals surface area (Å²) in [6.45, 7) is 6.23. The van der Waals surface area contributed by atoms with Crippen molar-refractivity contribution < 1.29 is 14.3 Å². The fourth-order valence-corrected chi connectivity index (χ4v) is 5.43. The molecule has 0 bridgehead atoms. The molecule has 2 amide bonds. The van der Waals surface area contributed by atoms with Crippen LogP contribution in [0.1, 0.15) is 59.9 Å². The van der Waals surface area contributed by atoms with Crippen molar-refractivity contribution in [2.75, 3.05) is 6.61 Å². The molecule has 3 aromatic carbocycles. The van der Waals surface area contributed by atoms with Crippen LogP contribution in [0, 0.1) is 20.8 Å². The van der Waals surface area contributed by atoms with Crippen molar-refractivity contribution in [2.24, 2.45) is 0 Å². The van der Waals surface area contributed by atoms with Crippen LogP contribution < -0.4 is 10.1 Å². The molecule has 0 spiro atoms. The number of amides is 2. The number of aryl methyl sites for hydroxylation is 3. The van der Waals surface area contributed by atoms with Gasteiger partial charge in [-0.15, -0.1) is 0 Å². The minimum atomic E-state index is -0.653. The summed E-state index contributed by atoms with van der Waals surface area (Å²) in [6.07, 6.45) is 5.88. The molecule has 206 valence electrons.